The number of ether oxygens (including phenoxy) is 1. The first kappa shape index (κ1) is 15.4. The van der Waals surface area contributed by atoms with Crippen molar-refractivity contribution in [2.45, 2.75) is 20.0 Å². The van der Waals surface area contributed by atoms with Crippen LogP contribution in [-0.2, 0) is 4.74 Å². The smallest absolute Gasteiger partial charge is 0.351 e. The summed E-state index contributed by atoms with van der Waals surface area (Å²) in [6.45, 7) is 3.69. The average molecular weight is 324 g/mol. The van der Waals surface area contributed by atoms with Crippen molar-refractivity contribution >= 4 is 17.3 Å². The Hall–Kier alpha value is -2.53. The number of nitrogens with zero attached hydrogens (tertiary/aromatic N) is 2. The Morgan fingerprint density at radius 3 is 2.43 bits per heavy atom. The molecule has 0 fully saturated rings. The van der Waals surface area contributed by atoms with Gasteiger partial charge < -0.3 is 4.74 Å². The van der Waals surface area contributed by atoms with Crippen LogP contribution in [0, 0.1) is 13.8 Å². The molecular formula is C18H16N2O2S. The van der Waals surface area contributed by atoms with Gasteiger partial charge in [-0.15, -0.1) is 11.3 Å². The van der Waals surface area contributed by atoms with Crippen molar-refractivity contribution in [2.24, 2.45) is 0 Å². The van der Waals surface area contributed by atoms with Crippen molar-refractivity contribution in [3.05, 3.63) is 81.6 Å². The van der Waals surface area contributed by atoms with Gasteiger partial charge in [-0.05, 0) is 31.5 Å². The summed E-state index contributed by atoms with van der Waals surface area (Å²) in [6.07, 6.45) is 1.16. The van der Waals surface area contributed by atoms with Gasteiger partial charge >= 0.3 is 5.97 Å². The lowest BCUT2D eigenvalue weighted by molar-refractivity contribution is 0.0375. The van der Waals surface area contributed by atoms with E-state index in [4.69, 9.17) is 4.74 Å². The summed E-state index contributed by atoms with van der Waals surface area (Å²) in [4.78, 5) is 21.7. The predicted octanol–water partition coefficient (Wildman–Crippen LogP) is 4.10. The van der Waals surface area contributed by atoms with Gasteiger partial charge in [-0.1, -0.05) is 36.4 Å². The minimum absolute atomic E-state index is 0.368. The summed E-state index contributed by atoms with van der Waals surface area (Å²) in [5.74, 6) is -0.368. The number of aromatic nitrogens is 2. The second-order valence-electron chi connectivity index (χ2n) is 5.10. The van der Waals surface area contributed by atoms with Gasteiger partial charge in [0.25, 0.3) is 0 Å². The molecule has 0 saturated carbocycles. The number of thiazole rings is 1. The molecule has 5 heteroatoms. The van der Waals surface area contributed by atoms with Gasteiger partial charge in [-0.25, -0.2) is 9.78 Å². The lowest BCUT2D eigenvalue weighted by atomic mass is 10.1. The molecule has 0 saturated heterocycles. The number of benzene rings is 1. The Balaban J connectivity index is 1.93. The predicted molar refractivity (Wildman–Crippen MR) is 89.5 cm³/mol. The molecule has 0 spiro atoms. The molecule has 3 aromatic rings. The molecule has 0 amide bonds. The normalized spacial score (nSPS) is 11.9. The highest BCUT2D eigenvalue weighted by atomic mass is 32.1. The summed E-state index contributed by atoms with van der Waals surface area (Å²) in [5.41, 5.74) is 2.29. The van der Waals surface area contributed by atoms with Crippen molar-refractivity contribution in [1.29, 1.82) is 0 Å². The zero-order valence-electron chi connectivity index (χ0n) is 12.9. The molecule has 2 heterocycles. The fraction of sp³-hybridized carbons (Fsp3) is 0.167. The minimum Gasteiger partial charge on any atom is -0.447 e. The molecule has 0 aliphatic carbocycles. The van der Waals surface area contributed by atoms with Crippen LogP contribution in [0.1, 0.15) is 37.7 Å². The Morgan fingerprint density at radius 2 is 1.83 bits per heavy atom. The quantitative estimate of drug-likeness (QED) is 0.678. The highest BCUT2D eigenvalue weighted by Gasteiger charge is 2.23. The molecule has 1 aromatic carbocycles. The van der Waals surface area contributed by atoms with E-state index >= 15 is 0 Å². The molecule has 2 aromatic heterocycles. The third-order valence-corrected chi connectivity index (χ3v) is 4.43. The summed E-state index contributed by atoms with van der Waals surface area (Å²) in [6, 6.07) is 15.2. The number of carbonyl (C=O) groups is 1. The second-order valence-corrected chi connectivity index (χ2v) is 6.30. The van der Waals surface area contributed by atoms with Crippen LogP contribution in [0.25, 0.3) is 0 Å². The largest absolute Gasteiger partial charge is 0.447 e. The Labute approximate surface area is 138 Å². The summed E-state index contributed by atoms with van der Waals surface area (Å²) in [7, 11) is 0. The average Bonchev–Trinajstić information content (AvgIpc) is 2.92. The van der Waals surface area contributed by atoms with Crippen LogP contribution in [0.5, 0.6) is 0 Å². The van der Waals surface area contributed by atoms with Crippen LogP contribution in [0.2, 0.25) is 0 Å². The number of rotatable bonds is 4. The number of hydrogen-bond acceptors (Lipinski definition) is 5. The molecule has 0 bridgehead atoms. The van der Waals surface area contributed by atoms with Crippen LogP contribution in [0.15, 0.2) is 54.7 Å². The van der Waals surface area contributed by atoms with E-state index in [0.29, 0.717) is 16.3 Å². The van der Waals surface area contributed by atoms with E-state index in [1.807, 2.05) is 62.4 Å². The lowest BCUT2D eigenvalue weighted by Gasteiger charge is -2.17. The van der Waals surface area contributed by atoms with Crippen molar-refractivity contribution in [3.63, 3.8) is 0 Å². The molecule has 3 rings (SSSR count). The number of carbonyl (C=O) groups excluding carboxylic acids is 1. The van der Waals surface area contributed by atoms with Crippen molar-refractivity contribution in [2.75, 3.05) is 0 Å². The van der Waals surface area contributed by atoms with Crippen molar-refractivity contribution in [3.8, 4) is 0 Å². The summed E-state index contributed by atoms with van der Waals surface area (Å²) >= 11 is 1.35. The Bertz CT molecular complexity index is 761. The second kappa shape index (κ2) is 6.71. The molecular weight excluding hydrogens is 308 g/mol. The van der Waals surface area contributed by atoms with Gasteiger partial charge in [-0.3, -0.25) is 4.98 Å². The van der Waals surface area contributed by atoms with Crippen LogP contribution >= 0.6 is 11.3 Å². The molecule has 116 valence electrons. The summed E-state index contributed by atoms with van der Waals surface area (Å²) in [5, 5.41) is 0.851. The van der Waals surface area contributed by atoms with Crippen LogP contribution in [0.4, 0.5) is 0 Å². The van der Waals surface area contributed by atoms with Crippen molar-refractivity contribution < 1.29 is 9.53 Å². The molecule has 0 aliphatic rings. The summed E-state index contributed by atoms with van der Waals surface area (Å²) < 4.78 is 5.77. The fourth-order valence-electron chi connectivity index (χ4n) is 2.34. The van der Waals surface area contributed by atoms with E-state index in [1.165, 1.54) is 11.3 Å². The third kappa shape index (κ3) is 3.46. The number of hydrogen-bond donors (Lipinski definition) is 0. The molecule has 23 heavy (non-hydrogen) atoms. The fourth-order valence-corrected chi connectivity index (χ4v) is 3.14. The van der Waals surface area contributed by atoms with E-state index in [9.17, 15) is 4.79 Å². The van der Waals surface area contributed by atoms with Gasteiger partial charge in [0.1, 0.15) is 4.88 Å². The van der Waals surface area contributed by atoms with Gasteiger partial charge in [0, 0.05) is 6.20 Å². The Kier molecular flexibility index (Phi) is 4.48. The van der Waals surface area contributed by atoms with E-state index in [1.54, 1.807) is 6.20 Å². The van der Waals surface area contributed by atoms with E-state index < -0.39 is 6.10 Å². The van der Waals surface area contributed by atoms with Gasteiger partial charge in [0.2, 0.25) is 0 Å². The van der Waals surface area contributed by atoms with Crippen LogP contribution < -0.4 is 0 Å². The van der Waals surface area contributed by atoms with Gasteiger partial charge in [0.05, 0.1) is 16.4 Å². The third-order valence-electron chi connectivity index (χ3n) is 3.37. The maximum absolute atomic E-state index is 12.6. The first-order valence-corrected chi connectivity index (χ1v) is 8.07. The number of esters is 1. The first-order chi connectivity index (χ1) is 11.1. The molecule has 0 radical (unpaired) electrons. The molecule has 0 unspecified atom stereocenters. The van der Waals surface area contributed by atoms with Crippen molar-refractivity contribution in [1.82, 2.24) is 9.97 Å². The SMILES string of the molecule is Cc1nc(C)c(C(=O)O[C@H](c2ccccc2)c2ccccn2)s1. The maximum atomic E-state index is 12.6. The van der Waals surface area contributed by atoms with Gasteiger partial charge in [-0.2, -0.15) is 0 Å². The molecule has 0 N–H and O–H groups in total. The van der Waals surface area contributed by atoms with E-state index in [2.05, 4.69) is 9.97 Å². The van der Waals surface area contributed by atoms with Crippen LogP contribution in [-0.4, -0.2) is 15.9 Å². The van der Waals surface area contributed by atoms with Gasteiger partial charge in [0.15, 0.2) is 6.10 Å². The first-order valence-electron chi connectivity index (χ1n) is 7.26. The zero-order chi connectivity index (χ0) is 16.2. The highest BCUT2D eigenvalue weighted by molar-refractivity contribution is 7.13. The maximum Gasteiger partial charge on any atom is 0.351 e. The monoisotopic (exact) mass is 324 g/mol. The van der Waals surface area contributed by atoms with E-state index in [0.717, 1.165) is 10.6 Å². The van der Waals surface area contributed by atoms with E-state index in [-0.39, 0.29) is 5.97 Å². The standard InChI is InChI=1S/C18H16N2O2S/c1-12-17(23-13(2)20-12)18(21)22-16(14-8-4-3-5-9-14)15-10-6-7-11-19-15/h3-11,16H,1-2H3/t16-/m1/s1. The van der Waals surface area contributed by atoms with Crippen LogP contribution in [0.3, 0.4) is 0 Å². The minimum atomic E-state index is -0.535. The lowest BCUT2D eigenvalue weighted by Crippen LogP contribution is -2.14. The molecule has 4 nitrogen and oxygen atoms in total. The Morgan fingerprint density at radius 1 is 1.09 bits per heavy atom. The molecule has 0 aliphatic heterocycles. The molecule has 1 atom stereocenters. The topological polar surface area (TPSA) is 52.1 Å². The number of pyridine rings is 1. The number of aryl methyl sites for hydroxylation is 2. The highest BCUT2D eigenvalue weighted by Crippen LogP contribution is 2.27. The zero-order valence-corrected chi connectivity index (χ0v) is 13.7.